The van der Waals surface area contributed by atoms with Gasteiger partial charge in [0, 0.05) is 30.6 Å². The standard InChI is InChI=1S/C20H15N5O4/c21-17-16-14(19(28)24-20(16)29)8-15(26)25(17)13-5-3-12(4-6-13)18(27)23-10-11-2-1-7-22-9-11/h1-9H,10,21H2,(H,23,27)(H,24,28,29). The molecule has 0 radical (unpaired) electrons. The van der Waals surface area contributed by atoms with Crippen molar-refractivity contribution < 1.29 is 14.4 Å². The second-order valence-electron chi connectivity index (χ2n) is 6.37. The Morgan fingerprint density at radius 3 is 2.55 bits per heavy atom. The molecule has 4 rings (SSSR count). The lowest BCUT2D eigenvalue weighted by Gasteiger charge is -2.12. The third-order valence-electron chi connectivity index (χ3n) is 4.52. The molecule has 0 fully saturated rings. The smallest absolute Gasteiger partial charge is 0.262 e. The van der Waals surface area contributed by atoms with Crippen LogP contribution in [0.1, 0.15) is 36.6 Å². The van der Waals surface area contributed by atoms with Crippen LogP contribution in [0.2, 0.25) is 0 Å². The quantitative estimate of drug-likeness (QED) is 0.560. The normalized spacial score (nSPS) is 12.4. The molecule has 4 N–H and O–H groups in total. The number of carbonyl (C=O) groups is 3. The van der Waals surface area contributed by atoms with E-state index in [9.17, 15) is 19.2 Å². The number of nitrogens with zero attached hydrogens (tertiary/aromatic N) is 2. The van der Waals surface area contributed by atoms with Gasteiger partial charge in [-0.05, 0) is 35.9 Å². The maximum atomic E-state index is 12.4. The lowest BCUT2D eigenvalue weighted by atomic mass is 10.1. The fraction of sp³-hybridized carbons (Fsp3) is 0.0500. The molecule has 144 valence electrons. The van der Waals surface area contributed by atoms with Crippen molar-refractivity contribution in [2.24, 2.45) is 0 Å². The number of hydrogen-bond acceptors (Lipinski definition) is 6. The molecule has 0 atom stereocenters. The highest BCUT2D eigenvalue weighted by molar-refractivity contribution is 6.23. The highest BCUT2D eigenvalue weighted by atomic mass is 16.2. The average Bonchev–Trinajstić information content (AvgIpc) is 3.01. The lowest BCUT2D eigenvalue weighted by molar-refractivity contribution is 0.0878. The molecule has 1 aliphatic heterocycles. The maximum absolute atomic E-state index is 12.4. The van der Waals surface area contributed by atoms with Crippen molar-refractivity contribution in [2.75, 3.05) is 5.73 Å². The Balaban J connectivity index is 1.60. The molecular weight excluding hydrogens is 374 g/mol. The highest BCUT2D eigenvalue weighted by Gasteiger charge is 2.31. The van der Waals surface area contributed by atoms with E-state index in [1.165, 1.54) is 24.3 Å². The summed E-state index contributed by atoms with van der Waals surface area (Å²) in [6.45, 7) is 0.328. The number of hydrogen-bond donors (Lipinski definition) is 3. The van der Waals surface area contributed by atoms with Gasteiger partial charge in [-0.15, -0.1) is 0 Å². The van der Waals surface area contributed by atoms with Gasteiger partial charge < -0.3 is 11.1 Å². The van der Waals surface area contributed by atoms with Crippen LogP contribution in [0.3, 0.4) is 0 Å². The number of nitrogens with two attached hydrogens (primary N) is 1. The summed E-state index contributed by atoms with van der Waals surface area (Å²) in [5.74, 6) is -1.73. The second kappa shape index (κ2) is 7.04. The van der Waals surface area contributed by atoms with E-state index in [0.717, 1.165) is 16.2 Å². The van der Waals surface area contributed by atoms with Gasteiger partial charge in [0.05, 0.1) is 16.8 Å². The lowest BCUT2D eigenvalue weighted by Crippen LogP contribution is -2.25. The molecule has 2 aromatic heterocycles. The van der Waals surface area contributed by atoms with Gasteiger partial charge in [-0.2, -0.15) is 0 Å². The van der Waals surface area contributed by atoms with Crippen LogP contribution in [0.5, 0.6) is 0 Å². The second-order valence-corrected chi connectivity index (χ2v) is 6.37. The fourth-order valence-electron chi connectivity index (χ4n) is 3.09. The maximum Gasteiger partial charge on any atom is 0.262 e. The van der Waals surface area contributed by atoms with Crippen molar-refractivity contribution in [3.8, 4) is 5.69 Å². The molecule has 0 unspecified atom stereocenters. The number of carbonyl (C=O) groups excluding carboxylic acids is 3. The number of rotatable bonds is 4. The first-order chi connectivity index (χ1) is 14.0. The van der Waals surface area contributed by atoms with E-state index in [1.807, 2.05) is 6.07 Å². The summed E-state index contributed by atoms with van der Waals surface area (Å²) in [7, 11) is 0. The van der Waals surface area contributed by atoms with Gasteiger partial charge in [0.15, 0.2) is 0 Å². The average molecular weight is 389 g/mol. The number of amides is 3. The Bertz CT molecular complexity index is 1200. The summed E-state index contributed by atoms with van der Waals surface area (Å²) in [4.78, 5) is 52.4. The summed E-state index contributed by atoms with van der Waals surface area (Å²) < 4.78 is 1.12. The van der Waals surface area contributed by atoms with E-state index in [-0.39, 0.29) is 22.9 Å². The first-order valence-corrected chi connectivity index (χ1v) is 8.64. The number of aromatic nitrogens is 2. The van der Waals surface area contributed by atoms with E-state index in [0.29, 0.717) is 17.8 Å². The van der Waals surface area contributed by atoms with Gasteiger partial charge in [0.1, 0.15) is 5.82 Å². The molecule has 9 heteroatoms. The van der Waals surface area contributed by atoms with Gasteiger partial charge in [-0.3, -0.25) is 34.0 Å². The summed E-state index contributed by atoms with van der Waals surface area (Å²) in [6, 6.07) is 10.9. The Kier molecular flexibility index (Phi) is 4.40. The molecule has 9 nitrogen and oxygen atoms in total. The third-order valence-corrected chi connectivity index (χ3v) is 4.52. The Hall–Kier alpha value is -4.27. The molecule has 0 saturated carbocycles. The predicted octanol–water partition coefficient (Wildman–Crippen LogP) is 0.628. The molecule has 0 bridgehead atoms. The SMILES string of the molecule is Nc1c2c(cc(=O)n1-c1ccc(C(=O)NCc3cccnc3)cc1)C(=O)NC2=O. The zero-order valence-corrected chi connectivity index (χ0v) is 15.0. The number of fused-ring (bicyclic) bond motifs is 1. The summed E-state index contributed by atoms with van der Waals surface area (Å²) in [5, 5.41) is 4.89. The summed E-state index contributed by atoms with van der Waals surface area (Å²) >= 11 is 0. The number of anilines is 1. The molecule has 3 heterocycles. The summed E-state index contributed by atoms with van der Waals surface area (Å²) in [6.07, 6.45) is 3.31. The molecule has 29 heavy (non-hydrogen) atoms. The molecule has 3 amide bonds. The van der Waals surface area contributed by atoms with Crippen molar-refractivity contribution in [3.05, 3.63) is 87.5 Å². The molecule has 1 aromatic carbocycles. The minimum absolute atomic E-state index is 0.0344. The van der Waals surface area contributed by atoms with Gasteiger partial charge in [-0.1, -0.05) is 6.07 Å². The third kappa shape index (κ3) is 3.25. The van der Waals surface area contributed by atoms with Gasteiger partial charge in [-0.25, -0.2) is 0 Å². The van der Waals surface area contributed by atoms with E-state index in [4.69, 9.17) is 5.73 Å². The molecule has 3 aromatic rings. The van der Waals surface area contributed by atoms with Crippen LogP contribution >= 0.6 is 0 Å². The minimum Gasteiger partial charge on any atom is -0.384 e. The first-order valence-electron chi connectivity index (χ1n) is 8.64. The van der Waals surface area contributed by atoms with Crippen LogP contribution in [-0.4, -0.2) is 27.3 Å². The van der Waals surface area contributed by atoms with Crippen LogP contribution in [0, 0.1) is 0 Å². The van der Waals surface area contributed by atoms with Crippen LogP contribution in [0.15, 0.2) is 59.7 Å². The van der Waals surface area contributed by atoms with Crippen LogP contribution in [0.4, 0.5) is 5.82 Å². The molecule has 0 saturated heterocycles. The Labute approximate surface area is 164 Å². The van der Waals surface area contributed by atoms with Crippen molar-refractivity contribution >= 4 is 23.5 Å². The number of nitrogen functional groups attached to an aromatic ring is 1. The van der Waals surface area contributed by atoms with Gasteiger partial charge >= 0.3 is 0 Å². The van der Waals surface area contributed by atoms with Gasteiger partial charge in [0.2, 0.25) is 0 Å². The Morgan fingerprint density at radius 2 is 1.86 bits per heavy atom. The van der Waals surface area contributed by atoms with E-state index in [1.54, 1.807) is 18.5 Å². The van der Waals surface area contributed by atoms with Gasteiger partial charge in [0.25, 0.3) is 23.3 Å². The largest absolute Gasteiger partial charge is 0.384 e. The van der Waals surface area contributed by atoms with E-state index in [2.05, 4.69) is 15.6 Å². The van der Waals surface area contributed by atoms with Crippen LogP contribution < -0.4 is 21.9 Å². The van der Waals surface area contributed by atoms with Crippen LogP contribution in [-0.2, 0) is 6.54 Å². The highest BCUT2D eigenvalue weighted by Crippen LogP contribution is 2.22. The molecule has 0 spiro atoms. The predicted molar refractivity (Wildman–Crippen MR) is 104 cm³/mol. The Morgan fingerprint density at radius 1 is 1.10 bits per heavy atom. The van der Waals surface area contributed by atoms with Crippen molar-refractivity contribution in [1.82, 2.24) is 20.2 Å². The molecular formula is C20H15N5O4. The number of pyridine rings is 2. The fourth-order valence-corrected chi connectivity index (χ4v) is 3.09. The van der Waals surface area contributed by atoms with Crippen molar-refractivity contribution in [2.45, 2.75) is 6.54 Å². The number of benzene rings is 1. The van der Waals surface area contributed by atoms with E-state index >= 15 is 0 Å². The number of imide groups is 1. The first kappa shape index (κ1) is 18.1. The molecule has 1 aliphatic rings. The topological polar surface area (TPSA) is 136 Å². The minimum atomic E-state index is -0.651. The van der Waals surface area contributed by atoms with E-state index < -0.39 is 17.4 Å². The van der Waals surface area contributed by atoms with Crippen molar-refractivity contribution in [1.29, 1.82) is 0 Å². The summed E-state index contributed by atoms with van der Waals surface area (Å²) in [5.41, 5.74) is 6.98. The zero-order chi connectivity index (χ0) is 20.5. The zero-order valence-electron chi connectivity index (χ0n) is 15.0. The monoisotopic (exact) mass is 389 g/mol. The van der Waals surface area contributed by atoms with Crippen LogP contribution in [0.25, 0.3) is 5.69 Å². The molecule has 0 aliphatic carbocycles. The van der Waals surface area contributed by atoms with Crippen molar-refractivity contribution in [3.63, 3.8) is 0 Å². The number of nitrogens with one attached hydrogen (secondary N) is 2.